The minimum Gasteiger partial charge on any atom is -0.507 e. The minimum atomic E-state index is -0.207. The maximum absolute atomic E-state index is 9.83. The molecule has 0 fully saturated rings. The van der Waals surface area contributed by atoms with E-state index in [4.69, 9.17) is 5.73 Å². The van der Waals surface area contributed by atoms with Crippen LogP contribution in [0.15, 0.2) is 29.3 Å². The average Bonchev–Trinajstić information content (AvgIpc) is 2.13. The topological polar surface area (TPSA) is 46.2 Å². The van der Waals surface area contributed by atoms with E-state index in [1.54, 1.807) is 6.08 Å². The molecule has 0 bridgehead atoms. The molecule has 0 saturated heterocycles. The first-order chi connectivity index (χ1) is 6.57. The number of benzene rings is 1. The van der Waals surface area contributed by atoms with Crippen LogP contribution in [0.3, 0.4) is 0 Å². The first-order valence-corrected chi connectivity index (χ1v) is 5.21. The molecule has 0 spiro atoms. The fraction of sp³-hybridized carbons (Fsp3) is 0.273. The van der Waals surface area contributed by atoms with Gasteiger partial charge in [0.05, 0.1) is 0 Å². The highest BCUT2D eigenvalue weighted by molar-refractivity contribution is 9.10. The SMILES string of the molecule is C=CC[C@@H](N)c1c(Br)ccc(C)c1O.Cl. The average molecular weight is 293 g/mol. The lowest BCUT2D eigenvalue weighted by atomic mass is 10.0. The zero-order chi connectivity index (χ0) is 10.7. The molecule has 0 unspecified atom stereocenters. The van der Waals surface area contributed by atoms with Gasteiger partial charge in [0.1, 0.15) is 5.75 Å². The molecule has 2 nitrogen and oxygen atoms in total. The Labute approximate surface area is 105 Å². The molecular weight excluding hydrogens is 277 g/mol. The third-order valence-corrected chi connectivity index (χ3v) is 2.85. The van der Waals surface area contributed by atoms with Crippen LogP contribution < -0.4 is 5.73 Å². The van der Waals surface area contributed by atoms with Gasteiger partial charge >= 0.3 is 0 Å². The largest absolute Gasteiger partial charge is 0.507 e. The Bertz CT molecular complexity index is 355. The van der Waals surface area contributed by atoms with E-state index in [9.17, 15) is 5.11 Å². The summed E-state index contributed by atoms with van der Waals surface area (Å²) in [6.07, 6.45) is 2.40. The summed E-state index contributed by atoms with van der Waals surface area (Å²) in [5, 5.41) is 9.83. The summed E-state index contributed by atoms with van der Waals surface area (Å²) in [4.78, 5) is 0. The highest BCUT2D eigenvalue weighted by Crippen LogP contribution is 2.34. The van der Waals surface area contributed by atoms with Crippen molar-refractivity contribution in [1.29, 1.82) is 0 Å². The predicted molar refractivity (Wildman–Crippen MR) is 69.5 cm³/mol. The number of rotatable bonds is 3. The Morgan fingerprint density at radius 3 is 2.73 bits per heavy atom. The molecule has 1 aromatic rings. The van der Waals surface area contributed by atoms with Crippen LogP contribution in [-0.2, 0) is 0 Å². The summed E-state index contributed by atoms with van der Waals surface area (Å²) in [5.41, 5.74) is 7.51. The van der Waals surface area contributed by atoms with Crippen LogP contribution in [0.2, 0.25) is 0 Å². The van der Waals surface area contributed by atoms with E-state index >= 15 is 0 Å². The second-order valence-electron chi connectivity index (χ2n) is 3.26. The smallest absolute Gasteiger partial charge is 0.124 e. The summed E-state index contributed by atoms with van der Waals surface area (Å²) >= 11 is 3.38. The molecular formula is C11H15BrClNO. The molecule has 0 heterocycles. The first-order valence-electron chi connectivity index (χ1n) is 4.42. The molecule has 0 aliphatic rings. The molecule has 1 rings (SSSR count). The molecule has 4 heteroatoms. The number of aromatic hydroxyl groups is 1. The van der Waals surface area contributed by atoms with E-state index in [2.05, 4.69) is 22.5 Å². The molecule has 15 heavy (non-hydrogen) atoms. The molecule has 1 atom stereocenters. The predicted octanol–water partition coefficient (Wildman–Crippen LogP) is 3.46. The number of phenolic OH excluding ortho intramolecular Hbond substituents is 1. The van der Waals surface area contributed by atoms with Gasteiger partial charge in [-0.3, -0.25) is 0 Å². The Morgan fingerprint density at radius 1 is 1.60 bits per heavy atom. The molecule has 0 amide bonds. The van der Waals surface area contributed by atoms with Gasteiger partial charge in [-0.2, -0.15) is 0 Å². The third-order valence-electron chi connectivity index (χ3n) is 2.16. The lowest BCUT2D eigenvalue weighted by molar-refractivity contribution is 0.456. The van der Waals surface area contributed by atoms with Gasteiger partial charge < -0.3 is 10.8 Å². The van der Waals surface area contributed by atoms with Gasteiger partial charge in [-0.25, -0.2) is 0 Å². The van der Waals surface area contributed by atoms with E-state index in [-0.39, 0.29) is 24.2 Å². The number of hydrogen-bond acceptors (Lipinski definition) is 2. The number of aryl methyl sites for hydroxylation is 1. The van der Waals surface area contributed by atoms with Crippen molar-refractivity contribution in [1.82, 2.24) is 0 Å². The van der Waals surface area contributed by atoms with Crippen molar-refractivity contribution < 1.29 is 5.11 Å². The van der Waals surface area contributed by atoms with Crippen molar-refractivity contribution >= 4 is 28.3 Å². The quantitative estimate of drug-likeness (QED) is 0.838. The van der Waals surface area contributed by atoms with Crippen molar-refractivity contribution in [3.63, 3.8) is 0 Å². The van der Waals surface area contributed by atoms with Crippen LogP contribution in [-0.4, -0.2) is 5.11 Å². The summed E-state index contributed by atoms with van der Waals surface area (Å²) in [5.74, 6) is 0.272. The van der Waals surface area contributed by atoms with Crippen LogP contribution in [0.1, 0.15) is 23.6 Å². The molecule has 0 aromatic heterocycles. The summed E-state index contributed by atoms with van der Waals surface area (Å²) in [7, 11) is 0. The molecule has 84 valence electrons. The molecule has 0 radical (unpaired) electrons. The first kappa shape index (κ1) is 14.5. The van der Waals surface area contributed by atoms with E-state index in [0.29, 0.717) is 6.42 Å². The Hall–Kier alpha value is -0.510. The van der Waals surface area contributed by atoms with Gasteiger partial charge in [-0.15, -0.1) is 19.0 Å². The number of halogens is 2. The zero-order valence-electron chi connectivity index (χ0n) is 8.53. The van der Waals surface area contributed by atoms with Gasteiger partial charge in [-0.05, 0) is 25.0 Å². The molecule has 0 aliphatic heterocycles. The van der Waals surface area contributed by atoms with Crippen molar-refractivity contribution in [3.05, 3.63) is 40.4 Å². The fourth-order valence-corrected chi connectivity index (χ4v) is 1.96. The normalized spacial score (nSPS) is 11.7. The van der Waals surface area contributed by atoms with Crippen LogP contribution in [0, 0.1) is 6.92 Å². The summed E-state index contributed by atoms with van der Waals surface area (Å²) in [6, 6.07) is 3.54. The maximum atomic E-state index is 9.83. The van der Waals surface area contributed by atoms with Crippen LogP contribution in [0.4, 0.5) is 0 Å². The number of phenols is 1. The molecule has 0 saturated carbocycles. The maximum Gasteiger partial charge on any atom is 0.124 e. The van der Waals surface area contributed by atoms with Crippen molar-refractivity contribution in [2.45, 2.75) is 19.4 Å². The molecule has 1 aromatic carbocycles. The fourth-order valence-electron chi connectivity index (χ4n) is 1.34. The number of hydrogen-bond donors (Lipinski definition) is 2. The highest BCUT2D eigenvalue weighted by Gasteiger charge is 2.14. The lowest BCUT2D eigenvalue weighted by Crippen LogP contribution is -2.10. The minimum absolute atomic E-state index is 0. The van der Waals surface area contributed by atoms with Crippen LogP contribution in [0.25, 0.3) is 0 Å². The lowest BCUT2D eigenvalue weighted by Gasteiger charge is -2.15. The van der Waals surface area contributed by atoms with E-state index in [1.165, 1.54) is 0 Å². The standard InChI is InChI=1S/C11H14BrNO.ClH/c1-3-4-9(13)10-8(12)6-5-7(2)11(10)14;/h3,5-6,9,14H,1,4,13H2,2H3;1H/t9-;/m1./s1. The van der Waals surface area contributed by atoms with Gasteiger partial charge in [0.15, 0.2) is 0 Å². The second kappa shape index (κ2) is 6.16. The van der Waals surface area contributed by atoms with E-state index in [1.807, 2.05) is 19.1 Å². The van der Waals surface area contributed by atoms with Gasteiger partial charge in [-0.1, -0.05) is 28.1 Å². The molecule has 0 aliphatic carbocycles. The molecule has 3 N–H and O–H groups in total. The van der Waals surface area contributed by atoms with Crippen molar-refractivity contribution in [2.24, 2.45) is 5.73 Å². The van der Waals surface area contributed by atoms with Crippen molar-refractivity contribution in [3.8, 4) is 5.75 Å². The van der Waals surface area contributed by atoms with Gasteiger partial charge in [0.25, 0.3) is 0 Å². The summed E-state index contributed by atoms with van der Waals surface area (Å²) < 4.78 is 0.843. The van der Waals surface area contributed by atoms with Gasteiger partial charge in [0, 0.05) is 16.1 Å². The zero-order valence-corrected chi connectivity index (χ0v) is 10.9. The number of nitrogens with two attached hydrogens (primary N) is 1. The van der Waals surface area contributed by atoms with E-state index < -0.39 is 0 Å². The third kappa shape index (κ3) is 3.23. The van der Waals surface area contributed by atoms with E-state index in [0.717, 1.165) is 15.6 Å². The highest BCUT2D eigenvalue weighted by atomic mass is 79.9. The Kier molecular flexibility index (Phi) is 5.95. The van der Waals surface area contributed by atoms with Crippen LogP contribution in [0.5, 0.6) is 5.75 Å². The second-order valence-corrected chi connectivity index (χ2v) is 4.11. The van der Waals surface area contributed by atoms with Crippen molar-refractivity contribution in [2.75, 3.05) is 0 Å². The Morgan fingerprint density at radius 2 is 2.20 bits per heavy atom. The van der Waals surface area contributed by atoms with Gasteiger partial charge in [0.2, 0.25) is 0 Å². The summed E-state index contributed by atoms with van der Waals surface area (Å²) in [6.45, 7) is 5.48. The monoisotopic (exact) mass is 291 g/mol. The van der Waals surface area contributed by atoms with Crippen LogP contribution >= 0.6 is 28.3 Å². The Balaban J connectivity index is 0.00000196.